The van der Waals surface area contributed by atoms with Crippen LogP contribution in [-0.4, -0.2) is 67.1 Å². The first-order chi connectivity index (χ1) is 10.3. The van der Waals surface area contributed by atoms with Crippen molar-refractivity contribution in [1.29, 1.82) is 0 Å². The van der Waals surface area contributed by atoms with E-state index in [4.69, 9.17) is 15.2 Å². The van der Waals surface area contributed by atoms with Crippen molar-refractivity contribution in [3.8, 4) is 0 Å². The number of nitrogens with zero attached hydrogens (tertiary/aromatic N) is 5. The van der Waals surface area contributed by atoms with Gasteiger partial charge in [0.1, 0.15) is 0 Å². The molecule has 0 bridgehead atoms. The molecule has 8 nitrogen and oxygen atoms in total. The Morgan fingerprint density at radius 3 is 2.52 bits per heavy atom. The number of hydrogen-bond donors (Lipinski definition) is 1. The van der Waals surface area contributed by atoms with Crippen LogP contribution in [0.25, 0.3) is 0 Å². The zero-order valence-corrected chi connectivity index (χ0v) is 12.4. The molecule has 1 aromatic rings. The molecule has 0 spiro atoms. The van der Waals surface area contributed by atoms with Crippen molar-refractivity contribution in [2.45, 2.75) is 19.4 Å². The predicted octanol–water partition coefficient (Wildman–Crippen LogP) is -0.0944. The highest BCUT2D eigenvalue weighted by atomic mass is 16.5. The molecule has 0 amide bonds. The molecule has 2 fully saturated rings. The highest BCUT2D eigenvalue weighted by Gasteiger charge is 2.25. The number of anilines is 3. The van der Waals surface area contributed by atoms with E-state index in [1.54, 1.807) is 0 Å². The monoisotopic (exact) mass is 294 g/mol. The summed E-state index contributed by atoms with van der Waals surface area (Å²) in [6.07, 6.45) is 0.985. The highest BCUT2D eigenvalue weighted by Crippen LogP contribution is 2.21. The lowest BCUT2D eigenvalue weighted by atomic mass is 10.2. The lowest BCUT2D eigenvalue weighted by molar-refractivity contribution is 0.0921. The van der Waals surface area contributed by atoms with Crippen molar-refractivity contribution in [2.75, 3.05) is 61.6 Å². The molecule has 3 heterocycles. The molecule has 21 heavy (non-hydrogen) atoms. The normalized spacial score (nSPS) is 23.4. The van der Waals surface area contributed by atoms with E-state index >= 15 is 0 Å². The van der Waals surface area contributed by atoms with Gasteiger partial charge in [-0.15, -0.1) is 0 Å². The molecule has 2 N–H and O–H groups in total. The minimum absolute atomic E-state index is 0.267. The van der Waals surface area contributed by atoms with Crippen LogP contribution in [0.2, 0.25) is 0 Å². The molecule has 0 saturated carbocycles. The average molecular weight is 294 g/mol. The fraction of sp³-hybridized carbons (Fsp3) is 0.769. The van der Waals surface area contributed by atoms with E-state index in [2.05, 4.69) is 31.7 Å². The van der Waals surface area contributed by atoms with Crippen LogP contribution in [0.3, 0.4) is 0 Å². The largest absolute Gasteiger partial charge is 0.378 e. The maximum atomic E-state index is 5.88. The van der Waals surface area contributed by atoms with Crippen LogP contribution in [0.15, 0.2) is 0 Å². The van der Waals surface area contributed by atoms with Gasteiger partial charge in [-0.1, -0.05) is 6.92 Å². The Balaban J connectivity index is 1.85. The van der Waals surface area contributed by atoms with Gasteiger partial charge in [0, 0.05) is 19.6 Å². The number of ether oxygens (including phenoxy) is 2. The van der Waals surface area contributed by atoms with Crippen LogP contribution in [0.5, 0.6) is 0 Å². The van der Waals surface area contributed by atoms with E-state index in [9.17, 15) is 0 Å². The first-order valence-corrected chi connectivity index (χ1v) is 7.46. The number of aromatic nitrogens is 3. The third kappa shape index (κ3) is 3.16. The Morgan fingerprint density at radius 2 is 1.76 bits per heavy atom. The molecule has 2 aliphatic rings. The summed E-state index contributed by atoms with van der Waals surface area (Å²) in [5, 5.41) is 0. The summed E-state index contributed by atoms with van der Waals surface area (Å²) in [5.74, 6) is 1.56. The maximum Gasteiger partial charge on any atom is 0.232 e. The zero-order chi connectivity index (χ0) is 14.7. The molecule has 1 aromatic heterocycles. The number of morpholine rings is 2. The Hall–Kier alpha value is -1.67. The molecule has 1 unspecified atom stereocenters. The SMILES string of the molecule is CCC1COCCN1c1nc(N)nc(N2CCOCC2)n1. The van der Waals surface area contributed by atoms with Gasteiger partial charge in [-0.05, 0) is 6.42 Å². The first-order valence-electron chi connectivity index (χ1n) is 7.46. The molecule has 0 radical (unpaired) electrons. The smallest absolute Gasteiger partial charge is 0.232 e. The first kappa shape index (κ1) is 14.3. The number of nitrogens with two attached hydrogens (primary N) is 1. The zero-order valence-electron chi connectivity index (χ0n) is 12.4. The van der Waals surface area contributed by atoms with Crippen molar-refractivity contribution in [3.63, 3.8) is 0 Å². The number of rotatable bonds is 3. The van der Waals surface area contributed by atoms with Gasteiger partial charge in [-0.2, -0.15) is 15.0 Å². The van der Waals surface area contributed by atoms with Crippen molar-refractivity contribution in [3.05, 3.63) is 0 Å². The molecular weight excluding hydrogens is 272 g/mol. The summed E-state index contributed by atoms with van der Waals surface area (Å²) in [4.78, 5) is 17.5. The summed E-state index contributed by atoms with van der Waals surface area (Å²) < 4.78 is 10.9. The second kappa shape index (κ2) is 6.40. The molecule has 3 rings (SSSR count). The lowest BCUT2D eigenvalue weighted by Gasteiger charge is -2.35. The second-order valence-electron chi connectivity index (χ2n) is 5.22. The number of nitrogen functional groups attached to an aromatic ring is 1. The fourth-order valence-electron chi connectivity index (χ4n) is 2.66. The van der Waals surface area contributed by atoms with Crippen LogP contribution in [0.4, 0.5) is 17.8 Å². The third-order valence-corrected chi connectivity index (χ3v) is 3.88. The van der Waals surface area contributed by atoms with E-state index in [0.717, 1.165) is 26.1 Å². The highest BCUT2D eigenvalue weighted by molar-refractivity contribution is 5.44. The Morgan fingerprint density at radius 1 is 1.05 bits per heavy atom. The van der Waals surface area contributed by atoms with Gasteiger partial charge in [-0.3, -0.25) is 0 Å². The van der Waals surface area contributed by atoms with E-state index in [0.29, 0.717) is 38.3 Å². The standard InChI is InChI=1S/C13H22N6O2/c1-2-10-9-21-8-5-19(10)13-16-11(14)15-12(17-13)18-3-6-20-7-4-18/h10H,2-9H2,1H3,(H2,14,15,16,17). The van der Waals surface area contributed by atoms with Gasteiger partial charge in [0.05, 0.1) is 32.5 Å². The van der Waals surface area contributed by atoms with Gasteiger partial charge in [0.25, 0.3) is 0 Å². The third-order valence-electron chi connectivity index (χ3n) is 3.88. The van der Waals surface area contributed by atoms with Crippen molar-refractivity contribution in [1.82, 2.24) is 15.0 Å². The van der Waals surface area contributed by atoms with E-state index in [-0.39, 0.29) is 12.0 Å². The molecule has 1 atom stereocenters. The second-order valence-corrected chi connectivity index (χ2v) is 5.22. The summed E-state index contributed by atoms with van der Waals surface area (Å²) >= 11 is 0. The molecule has 2 aliphatic heterocycles. The summed E-state index contributed by atoms with van der Waals surface area (Å²) in [6, 6.07) is 0.290. The van der Waals surface area contributed by atoms with Crippen LogP contribution < -0.4 is 15.5 Å². The summed E-state index contributed by atoms with van der Waals surface area (Å²) in [5.41, 5.74) is 5.88. The predicted molar refractivity (Wildman–Crippen MR) is 79.5 cm³/mol. The van der Waals surface area contributed by atoms with Gasteiger partial charge >= 0.3 is 0 Å². The van der Waals surface area contributed by atoms with Crippen LogP contribution in [0.1, 0.15) is 13.3 Å². The van der Waals surface area contributed by atoms with Crippen molar-refractivity contribution >= 4 is 17.8 Å². The topological polar surface area (TPSA) is 89.6 Å². The Kier molecular flexibility index (Phi) is 4.35. The number of hydrogen-bond acceptors (Lipinski definition) is 8. The van der Waals surface area contributed by atoms with Crippen molar-refractivity contribution in [2.24, 2.45) is 0 Å². The molecule has 0 aliphatic carbocycles. The Labute approximate surface area is 124 Å². The lowest BCUT2D eigenvalue weighted by Crippen LogP contribution is -2.46. The van der Waals surface area contributed by atoms with E-state index in [1.165, 1.54) is 0 Å². The van der Waals surface area contributed by atoms with Crippen LogP contribution in [-0.2, 0) is 9.47 Å². The minimum Gasteiger partial charge on any atom is -0.378 e. The molecular formula is C13H22N6O2. The minimum atomic E-state index is 0.267. The summed E-state index contributed by atoms with van der Waals surface area (Å²) in [6.45, 7) is 7.26. The van der Waals surface area contributed by atoms with Crippen LogP contribution in [0, 0.1) is 0 Å². The molecule has 0 aromatic carbocycles. The van der Waals surface area contributed by atoms with Gasteiger partial charge in [-0.25, -0.2) is 0 Å². The maximum absolute atomic E-state index is 5.88. The van der Waals surface area contributed by atoms with Crippen molar-refractivity contribution < 1.29 is 9.47 Å². The fourth-order valence-corrected chi connectivity index (χ4v) is 2.66. The molecule has 8 heteroatoms. The van der Waals surface area contributed by atoms with Crippen LogP contribution >= 0.6 is 0 Å². The van der Waals surface area contributed by atoms with E-state index < -0.39 is 0 Å². The summed E-state index contributed by atoms with van der Waals surface area (Å²) in [7, 11) is 0. The average Bonchev–Trinajstić information content (AvgIpc) is 2.55. The molecule has 116 valence electrons. The molecule has 2 saturated heterocycles. The van der Waals surface area contributed by atoms with E-state index in [1.807, 2.05) is 0 Å². The quantitative estimate of drug-likeness (QED) is 0.827. The van der Waals surface area contributed by atoms with Gasteiger partial charge in [0.2, 0.25) is 17.8 Å². The van der Waals surface area contributed by atoms with Gasteiger partial charge < -0.3 is 25.0 Å². The van der Waals surface area contributed by atoms with Gasteiger partial charge in [0.15, 0.2) is 0 Å². The Bertz CT molecular complexity index is 480.